The molecule has 3 nitrogen and oxygen atoms in total. The van der Waals surface area contributed by atoms with Gasteiger partial charge in [-0.2, -0.15) is 0 Å². The number of hydrogen-bond acceptors (Lipinski definition) is 3. The molecule has 1 saturated heterocycles. The van der Waals surface area contributed by atoms with Crippen LogP contribution in [0.2, 0.25) is 0 Å². The molecule has 1 heterocycles. The lowest BCUT2D eigenvalue weighted by Crippen LogP contribution is -2.44. The van der Waals surface area contributed by atoms with E-state index in [1.54, 1.807) is 0 Å². The number of rotatable bonds is 6. The van der Waals surface area contributed by atoms with Crippen LogP contribution in [0.25, 0.3) is 0 Å². The van der Waals surface area contributed by atoms with Crippen molar-refractivity contribution in [3.8, 4) is 0 Å². The molecule has 0 bridgehead atoms. The van der Waals surface area contributed by atoms with E-state index in [4.69, 9.17) is 4.74 Å². The molecular weight excluding hydrogens is 200 g/mol. The minimum atomic E-state index is 0.578. The fourth-order valence-corrected chi connectivity index (χ4v) is 2.32. The molecule has 2 fully saturated rings. The molecule has 2 aliphatic rings. The second kappa shape index (κ2) is 5.99. The highest BCUT2D eigenvalue weighted by Crippen LogP contribution is 2.30. The molecule has 16 heavy (non-hydrogen) atoms. The van der Waals surface area contributed by atoms with Crippen LogP contribution in [0.1, 0.15) is 33.1 Å². The molecule has 1 aliphatic carbocycles. The van der Waals surface area contributed by atoms with Gasteiger partial charge >= 0.3 is 0 Å². The number of morpholine rings is 1. The van der Waals surface area contributed by atoms with Gasteiger partial charge in [-0.25, -0.2) is 0 Å². The maximum Gasteiger partial charge on any atom is 0.0620 e. The van der Waals surface area contributed by atoms with Gasteiger partial charge in [0, 0.05) is 25.2 Å². The van der Waals surface area contributed by atoms with Gasteiger partial charge in [0.15, 0.2) is 0 Å². The highest BCUT2D eigenvalue weighted by atomic mass is 16.5. The van der Waals surface area contributed by atoms with Gasteiger partial charge < -0.3 is 15.0 Å². The maximum absolute atomic E-state index is 5.49. The molecule has 94 valence electrons. The minimum absolute atomic E-state index is 0.578. The van der Waals surface area contributed by atoms with Gasteiger partial charge in [-0.05, 0) is 45.6 Å². The Hall–Kier alpha value is -0.120. The first-order valence-corrected chi connectivity index (χ1v) is 6.81. The molecule has 1 saturated carbocycles. The lowest BCUT2D eigenvalue weighted by atomic mass is 10.1. The summed E-state index contributed by atoms with van der Waals surface area (Å²) in [5, 5.41) is 3.53. The normalized spacial score (nSPS) is 26.6. The van der Waals surface area contributed by atoms with Gasteiger partial charge in [0.2, 0.25) is 0 Å². The zero-order valence-electron chi connectivity index (χ0n) is 10.7. The van der Waals surface area contributed by atoms with E-state index >= 15 is 0 Å². The van der Waals surface area contributed by atoms with Crippen LogP contribution in [0.5, 0.6) is 0 Å². The summed E-state index contributed by atoms with van der Waals surface area (Å²) in [7, 11) is 0. The van der Waals surface area contributed by atoms with Gasteiger partial charge in [0.1, 0.15) is 0 Å². The van der Waals surface area contributed by atoms with Crippen molar-refractivity contribution in [2.75, 3.05) is 32.8 Å². The van der Waals surface area contributed by atoms with Crippen molar-refractivity contribution < 1.29 is 4.74 Å². The second-order valence-corrected chi connectivity index (χ2v) is 5.55. The van der Waals surface area contributed by atoms with Crippen molar-refractivity contribution in [2.24, 2.45) is 5.92 Å². The van der Waals surface area contributed by atoms with Crippen LogP contribution < -0.4 is 5.32 Å². The van der Waals surface area contributed by atoms with Crippen LogP contribution in [-0.2, 0) is 4.74 Å². The number of ether oxygens (including phenoxy) is 1. The Balaban J connectivity index is 1.67. The van der Waals surface area contributed by atoms with Crippen molar-refractivity contribution in [2.45, 2.75) is 45.2 Å². The average molecular weight is 226 g/mol. The smallest absolute Gasteiger partial charge is 0.0620 e. The predicted octanol–water partition coefficient (Wildman–Crippen LogP) is 1.49. The first-order valence-electron chi connectivity index (χ1n) is 6.81. The summed E-state index contributed by atoms with van der Waals surface area (Å²) in [4.78, 5) is 2.63. The Bertz CT molecular complexity index is 198. The first-order chi connectivity index (χ1) is 7.75. The molecular formula is C13H26N2O. The lowest BCUT2D eigenvalue weighted by molar-refractivity contribution is 0.0678. The second-order valence-electron chi connectivity index (χ2n) is 5.55. The molecule has 0 aromatic rings. The summed E-state index contributed by atoms with van der Waals surface area (Å²) in [6, 6.07) is 1.26. The van der Waals surface area contributed by atoms with Gasteiger partial charge in [-0.1, -0.05) is 0 Å². The standard InChI is InChI=1S/C13H26N2O/c1-11(2)15(9-12-3-4-12)7-5-13-10-16-8-6-14-13/h11-14H,3-10H2,1-2H3. The largest absolute Gasteiger partial charge is 0.379 e. The van der Waals surface area contributed by atoms with Crippen LogP contribution in [0.3, 0.4) is 0 Å². The van der Waals surface area contributed by atoms with Crippen LogP contribution in [0.15, 0.2) is 0 Å². The molecule has 1 aliphatic heterocycles. The Morgan fingerprint density at radius 1 is 1.38 bits per heavy atom. The Labute approximate surface area is 99.5 Å². The Morgan fingerprint density at radius 3 is 2.75 bits per heavy atom. The summed E-state index contributed by atoms with van der Waals surface area (Å²) in [6.45, 7) is 9.96. The quantitative estimate of drug-likeness (QED) is 0.742. The summed E-state index contributed by atoms with van der Waals surface area (Å²) < 4.78 is 5.49. The molecule has 0 spiro atoms. The van der Waals surface area contributed by atoms with Crippen molar-refractivity contribution >= 4 is 0 Å². The van der Waals surface area contributed by atoms with E-state index < -0.39 is 0 Å². The van der Waals surface area contributed by atoms with Crippen molar-refractivity contribution in [1.29, 1.82) is 0 Å². The SMILES string of the molecule is CC(C)N(CCC1COCCN1)CC1CC1. The summed E-state index contributed by atoms with van der Waals surface area (Å²) in [5.74, 6) is 0.998. The zero-order valence-corrected chi connectivity index (χ0v) is 10.7. The molecule has 1 N–H and O–H groups in total. The predicted molar refractivity (Wildman–Crippen MR) is 66.7 cm³/mol. The van der Waals surface area contributed by atoms with Crippen LogP contribution in [0, 0.1) is 5.92 Å². The minimum Gasteiger partial charge on any atom is -0.379 e. The third-order valence-electron chi connectivity index (χ3n) is 3.68. The molecule has 1 unspecified atom stereocenters. The van der Waals surface area contributed by atoms with E-state index in [9.17, 15) is 0 Å². The zero-order chi connectivity index (χ0) is 11.4. The fraction of sp³-hybridized carbons (Fsp3) is 1.00. The average Bonchev–Trinajstić information content (AvgIpc) is 3.09. The van der Waals surface area contributed by atoms with Gasteiger partial charge in [-0.15, -0.1) is 0 Å². The van der Waals surface area contributed by atoms with Gasteiger partial charge in [0.25, 0.3) is 0 Å². The summed E-state index contributed by atoms with van der Waals surface area (Å²) in [5.41, 5.74) is 0. The third-order valence-corrected chi connectivity index (χ3v) is 3.68. The first kappa shape index (κ1) is 12.3. The summed E-state index contributed by atoms with van der Waals surface area (Å²) >= 11 is 0. The number of hydrogen-bond donors (Lipinski definition) is 1. The van der Waals surface area contributed by atoms with Crippen molar-refractivity contribution in [3.05, 3.63) is 0 Å². The Kier molecular flexibility index (Phi) is 4.62. The van der Waals surface area contributed by atoms with E-state index in [1.165, 1.54) is 32.4 Å². The van der Waals surface area contributed by atoms with Crippen LogP contribution in [-0.4, -0.2) is 49.8 Å². The fourth-order valence-electron chi connectivity index (χ4n) is 2.32. The molecule has 3 heteroatoms. The van der Waals surface area contributed by atoms with Crippen LogP contribution in [0.4, 0.5) is 0 Å². The van der Waals surface area contributed by atoms with Gasteiger partial charge in [0.05, 0.1) is 13.2 Å². The molecule has 2 rings (SSSR count). The van der Waals surface area contributed by atoms with E-state index in [-0.39, 0.29) is 0 Å². The topological polar surface area (TPSA) is 24.5 Å². The molecule has 0 aromatic carbocycles. The molecule has 0 aromatic heterocycles. The molecule has 1 atom stereocenters. The van der Waals surface area contributed by atoms with E-state index in [0.29, 0.717) is 12.1 Å². The monoisotopic (exact) mass is 226 g/mol. The summed E-state index contributed by atoms with van der Waals surface area (Å²) in [6.07, 6.45) is 4.13. The van der Waals surface area contributed by atoms with Gasteiger partial charge in [-0.3, -0.25) is 0 Å². The lowest BCUT2D eigenvalue weighted by Gasteiger charge is -2.30. The molecule has 0 radical (unpaired) electrons. The molecule has 0 amide bonds. The number of nitrogens with zero attached hydrogens (tertiary/aromatic N) is 1. The number of nitrogens with one attached hydrogen (secondary N) is 1. The maximum atomic E-state index is 5.49. The highest BCUT2D eigenvalue weighted by molar-refractivity contribution is 4.80. The Morgan fingerprint density at radius 2 is 2.19 bits per heavy atom. The van der Waals surface area contributed by atoms with Crippen molar-refractivity contribution in [1.82, 2.24) is 10.2 Å². The third kappa shape index (κ3) is 4.04. The van der Waals surface area contributed by atoms with Crippen molar-refractivity contribution in [3.63, 3.8) is 0 Å². The van der Waals surface area contributed by atoms with E-state index in [0.717, 1.165) is 25.7 Å². The van der Waals surface area contributed by atoms with E-state index in [2.05, 4.69) is 24.1 Å². The highest BCUT2D eigenvalue weighted by Gasteiger charge is 2.25. The van der Waals surface area contributed by atoms with E-state index in [1.807, 2.05) is 0 Å². The van der Waals surface area contributed by atoms with Crippen LogP contribution >= 0.6 is 0 Å².